The molecule has 0 aromatic heterocycles. The molecule has 2 aromatic carbocycles. The van der Waals surface area contributed by atoms with Crippen LogP contribution in [0.5, 0.6) is 0 Å². The summed E-state index contributed by atoms with van der Waals surface area (Å²) in [5.41, 5.74) is 0. The molecule has 0 amide bonds. The predicted octanol–water partition coefficient (Wildman–Crippen LogP) is 3.67. The summed E-state index contributed by atoms with van der Waals surface area (Å²) >= 11 is 0. The molecule has 4 rings (SSSR count). The van der Waals surface area contributed by atoms with Gasteiger partial charge in [-0.3, -0.25) is 4.79 Å². The van der Waals surface area contributed by atoms with Crippen LogP contribution in [-0.4, -0.2) is 25.5 Å². The highest BCUT2D eigenvalue weighted by Gasteiger charge is 2.62. The maximum Gasteiger partial charge on any atom is 0.307 e. The Morgan fingerprint density at radius 3 is 1.74 bits per heavy atom. The molecule has 4 heteroatoms. The minimum absolute atomic E-state index is 0.0330. The van der Waals surface area contributed by atoms with Gasteiger partial charge in [-0.05, 0) is 40.1 Å². The van der Waals surface area contributed by atoms with Crippen LogP contribution in [0.2, 0.25) is 5.04 Å². The second-order valence-corrected chi connectivity index (χ2v) is 13.3. The lowest BCUT2D eigenvalue weighted by atomic mass is 10.1. The molecule has 2 aromatic rings. The summed E-state index contributed by atoms with van der Waals surface area (Å²) in [7, 11) is -2.52. The van der Waals surface area contributed by atoms with Crippen LogP contribution in [0.15, 0.2) is 60.7 Å². The third-order valence-electron chi connectivity index (χ3n) is 6.45. The van der Waals surface area contributed by atoms with Gasteiger partial charge in [0.2, 0.25) is 0 Å². The fraction of sp³-hybridized carbons (Fsp3) is 0.435. The average molecular weight is 381 g/mol. The Morgan fingerprint density at radius 2 is 1.37 bits per heavy atom. The molecule has 0 radical (unpaired) electrons. The van der Waals surface area contributed by atoms with Gasteiger partial charge in [-0.2, -0.15) is 0 Å². The number of benzene rings is 2. The minimum atomic E-state index is -2.52. The van der Waals surface area contributed by atoms with Crippen molar-refractivity contribution in [3.05, 3.63) is 60.7 Å². The van der Waals surface area contributed by atoms with Gasteiger partial charge >= 0.3 is 5.97 Å². The zero-order valence-corrected chi connectivity index (χ0v) is 17.3. The normalized spacial score (nSPS) is 27.2. The van der Waals surface area contributed by atoms with Crippen molar-refractivity contribution in [2.45, 2.75) is 44.8 Å². The molecule has 0 heterocycles. The molecule has 0 saturated heterocycles. The second-order valence-electron chi connectivity index (χ2n) is 9.07. The average Bonchev–Trinajstić information content (AvgIpc) is 3.17. The van der Waals surface area contributed by atoms with Crippen LogP contribution < -0.4 is 10.4 Å². The van der Waals surface area contributed by atoms with E-state index < -0.39 is 14.3 Å². The first kappa shape index (κ1) is 18.5. The Labute approximate surface area is 162 Å². The number of fused-ring (bicyclic) bond motifs is 1. The largest absolute Gasteiger partial charge is 0.481 e. The van der Waals surface area contributed by atoms with Gasteiger partial charge in [0.05, 0.1) is 5.92 Å². The van der Waals surface area contributed by atoms with Gasteiger partial charge in [0.15, 0.2) is 0 Å². The maximum absolute atomic E-state index is 11.3. The lowest BCUT2D eigenvalue weighted by molar-refractivity contribution is -0.139. The number of hydrogen-bond donors (Lipinski definition) is 1. The molecule has 27 heavy (non-hydrogen) atoms. The van der Waals surface area contributed by atoms with E-state index in [0.717, 1.165) is 12.8 Å². The lowest BCUT2D eigenvalue weighted by Crippen LogP contribution is -2.67. The summed E-state index contributed by atoms with van der Waals surface area (Å²) in [4.78, 5) is 11.3. The smallest absolute Gasteiger partial charge is 0.307 e. The van der Waals surface area contributed by atoms with E-state index in [4.69, 9.17) is 4.43 Å². The third kappa shape index (κ3) is 3.05. The van der Waals surface area contributed by atoms with Crippen LogP contribution in [0.1, 0.15) is 33.6 Å². The van der Waals surface area contributed by atoms with Gasteiger partial charge in [-0.1, -0.05) is 81.4 Å². The van der Waals surface area contributed by atoms with Crippen molar-refractivity contribution >= 4 is 24.7 Å². The van der Waals surface area contributed by atoms with Gasteiger partial charge in [0.25, 0.3) is 8.32 Å². The van der Waals surface area contributed by atoms with Gasteiger partial charge in [0, 0.05) is 6.10 Å². The van der Waals surface area contributed by atoms with Crippen molar-refractivity contribution in [2.24, 2.45) is 17.8 Å². The molecular formula is C23H28O3Si. The summed E-state index contributed by atoms with van der Waals surface area (Å²) in [6.07, 6.45) is 1.92. The molecule has 0 bridgehead atoms. The van der Waals surface area contributed by atoms with Gasteiger partial charge < -0.3 is 9.53 Å². The molecule has 0 spiro atoms. The molecule has 0 aliphatic heterocycles. The molecule has 2 aliphatic carbocycles. The molecule has 4 atom stereocenters. The van der Waals surface area contributed by atoms with Gasteiger partial charge in [-0.25, -0.2) is 0 Å². The summed E-state index contributed by atoms with van der Waals surface area (Å²) in [5, 5.41) is 11.9. The molecule has 1 N–H and O–H groups in total. The fourth-order valence-electron chi connectivity index (χ4n) is 5.19. The van der Waals surface area contributed by atoms with Crippen molar-refractivity contribution in [2.75, 3.05) is 0 Å². The van der Waals surface area contributed by atoms with Crippen LogP contribution in [0.25, 0.3) is 0 Å². The number of rotatable bonds is 5. The van der Waals surface area contributed by atoms with E-state index in [1.165, 1.54) is 10.4 Å². The molecule has 142 valence electrons. The quantitative estimate of drug-likeness (QED) is 0.805. The van der Waals surface area contributed by atoms with E-state index in [-0.39, 0.29) is 17.1 Å². The molecule has 2 fully saturated rings. The summed E-state index contributed by atoms with van der Waals surface area (Å²) in [6, 6.07) is 21.3. The summed E-state index contributed by atoms with van der Waals surface area (Å²) in [6.45, 7) is 6.86. The molecule has 3 nitrogen and oxygen atoms in total. The zero-order chi connectivity index (χ0) is 19.2. The van der Waals surface area contributed by atoms with Crippen LogP contribution in [0.3, 0.4) is 0 Å². The Bertz CT molecular complexity index is 761. The van der Waals surface area contributed by atoms with Gasteiger partial charge in [0.1, 0.15) is 0 Å². The fourth-order valence-corrected chi connectivity index (χ4v) is 9.90. The Balaban J connectivity index is 1.72. The van der Waals surface area contributed by atoms with E-state index in [1.54, 1.807) is 0 Å². The number of hydrogen-bond acceptors (Lipinski definition) is 2. The first-order valence-corrected chi connectivity index (χ1v) is 11.8. The molecular weight excluding hydrogens is 352 g/mol. The first-order valence-electron chi connectivity index (χ1n) is 9.86. The third-order valence-corrected chi connectivity index (χ3v) is 11.5. The zero-order valence-electron chi connectivity index (χ0n) is 16.3. The van der Waals surface area contributed by atoms with Crippen molar-refractivity contribution < 1.29 is 14.3 Å². The van der Waals surface area contributed by atoms with Crippen LogP contribution >= 0.6 is 0 Å². The molecule has 2 saturated carbocycles. The Hall–Kier alpha value is -1.91. The van der Waals surface area contributed by atoms with Crippen molar-refractivity contribution in [1.82, 2.24) is 0 Å². The van der Waals surface area contributed by atoms with Crippen molar-refractivity contribution in [3.63, 3.8) is 0 Å². The first-order chi connectivity index (χ1) is 12.8. The minimum Gasteiger partial charge on any atom is -0.481 e. The standard InChI is InChI=1S/C23H28O3Si/c1-23(2,3)27(17-10-6-4-7-11-17,18-12-8-5-9-13-18)26-16-14-19-20(15-16)21(19)22(24)25/h4-13,16,19-21H,14-15H2,1-3H3,(H,24,25)/t16?,19-,20?,21?/m0/s1. The molecule has 3 unspecified atom stereocenters. The summed E-state index contributed by atoms with van der Waals surface area (Å²) < 4.78 is 7.11. The Kier molecular flexibility index (Phi) is 4.51. The number of carboxylic acid groups (broad SMARTS) is 1. The van der Waals surface area contributed by atoms with Crippen LogP contribution in [0, 0.1) is 17.8 Å². The van der Waals surface area contributed by atoms with E-state index >= 15 is 0 Å². The second kappa shape index (κ2) is 6.61. The number of carbonyl (C=O) groups is 1. The predicted molar refractivity (Wildman–Crippen MR) is 110 cm³/mol. The summed E-state index contributed by atoms with van der Waals surface area (Å²) in [5.74, 6) is -0.144. The SMILES string of the molecule is CC(C)(C)[Si](OC1CC2C(C(=O)O)[C@H]2C1)(c1ccccc1)c1ccccc1. The van der Waals surface area contributed by atoms with Gasteiger partial charge in [-0.15, -0.1) is 0 Å². The molecule has 2 aliphatic rings. The van der Waals surface area contributed by atoms with E-state index in [1.807, 2.05) is 0 Å². The van der Waals surface area contributed by atoms with E-state index in [9.17, 15) is 9.90 Å². The van der Waals surface area contributed by atoms with Crippen molar-refractivity contribution in [3.8, 4) is 0 Å². The topological polar surface area (TPSA) is 46.5 Å². The highest BCUT2D eigenvalue weighted by atomic mass is 28.4. The van der Waals surface area contributed by atoms with E-state index in [0.29, 0.717) is 11.8 Å². The monoisotopic (exact) mass is 380 g/mol. The van der Waals surface area contributed by atoms with E-state index in [2.05, 4.69) is 81.4 Å². The van der Waals surface area contributed by atoms with Crippen molar-refractivity contribution in [1.29, 1.82) is 0 Å². The Morgan fingerprint density at radius 1 is 0.926 bits per heavy atom. The van der Waals surface area contributed by atoms with Crippen LogP contribution in [0.4, 0.5) is 0 Å². The number of carboxylic acids is 1. The highest BCUT2D eigenvalue weighted by Crippen LogP contribution is 2.59. The lowest BCUT2D eigenvalue weighted by Gasteiger charge is -2.45. The maximum atomic E-state index is 11.3. The van der Waals surface area contributed by atoms with Crippen LogP contribution in [-0.2, 0) is 9.22 Å². The number of aliphatic carboxylic acids is 1. The highest BCUT2D eigenvalue weighted by molar-refractivity contribution is 6.99.